The monoisotopic (exact) mass is 269 g/mol. The largest absolute Gasteiger partial charge is 0.495 e. The number of hydrogen-bond acceptors (Lipinski definition) is 3. The van der Waals surface area contributed by atoms with Gasteiger partial charge < -0.3 is 4.74 Å². The highest BCUT2D eigenvalue weighted by Crippen LogP contribution is 2.22. The summed E-state index contributed by atoms with van der Waals surface area (Å²) < 4.78 is 5.04. The molecule has 0 aliphatic rings. The second kappa shape index (κ2) is 5.37. The molecule has 0 amide bonds. The summed E-state index contributed by atoms with van der Waals surface area (Å²) in [6.07, 6.45) is 0. The Morgan fingerprint density at radius 2 is 2.33 bits per heavy atom. The van der Waals surface area contributed by atoms with Crippen molar-refractivity contribution in [2.24, 2.45) is 0 Å². The summed E-state index contributed by atoms with van der Waals surface area (Å²) in [5.41, 5.74) is 0.529. The standard InChI is InChI=1S/C10H8BrNO3/c1-15-10-5-4-9(12(13)14)7-8(10)3-2-6-11/h4-5,7H,6H2,1H3. The molecule has 1 rings (SSSR count). The van der Waals surface area contributed by atoms with Gasteiger partial charge in [-0.15, -0.1) is 0 Å². The van der Waals surface area contributed by atoms with E-state index in [0.717, 1.165) is 0 Å². The first-order valence-electron chi connectivity index (χ1n) is 4.06. The number of nitro groups is 1. The van der Waals surface area contributed by atoms with Crippen molar-refractivity contribution in [1.29, 1.82) is 0 Å². The average molecular weight is 270 g/mol. The number of halogens is 1. The Morgan fingerprint density at radius 3 is 2.87 bits per heavy atom. The van der Waals surface area contributed by atoms with Crippen molar-refractivity contribution in [2.45, 2.75) is 0 Å². The summed E-state index contributed by atoms with van der Waals surface area (Å²) in [5.74, 6) is 6.09. The predicted molar refractivity (Wildman–Crippen MR) is 60.3 cm³/mol. The van der Waals surface area contributed by atoms with Crippen LogP contribution in [-0.4, -0.2) is 17.4 Å². The second-order valence-electron chi connectivity index (χ2n) is 2.58. The number of nitrogens with zero attached hydrogens (tertiary/aromatic N) is 1. The lowest BCUT2D eigenvalue weighted by Crippen LogP contribution is -1.92. The number of ether oxygens (including phenoxy) is 1. The molecule has 0 aliphatic heterocycles. The topological polar surface area (TPSA) is 52.4 Å². The van der Waals surface area contributed by atoms with Gasteiger partial charge in [0.15, 0.2) is 0 Å². The number of alkyl halides is 1. The van der Waals surface area contributed by atoms with Crippen molar-refractivity contribution in [2.75, 3.05) is 12.4 Å². The van der Waals surface area contributed by atoms with Gasteiger partial charge in [0, 0.05) is 12.1 Å². The van der Waals surface area contributed by atoms with E-state index >= 15 is 0 Å². The summed E-state index contributed by atoms with van der Waals surface area (Å²) in [6.45, 7) is 0. The van der Waals surface area contributed by atoms with Gasteiger partial charge in [-0.1, -0.05) is 27.8 Å². The zero-order chi connectivity index (χ0) is 11.3. The van der Waals surface area contributed by atoms with Crippen LogP contribution < -0.4 is 4.74 Å². The van der Waals surface area contributed by atoms with Gasteiger partial charge in [0.1, 0.15) is 5.75 Å². The van der Waals surface area contributed by atoms with Gasteiger partial charge in [-0.2, -0.15) is 0 Å². The molecule has 0 bridgehead atoms. The first-order chi connectivity index (χ1) is 7.19. The van der Waals surface area contributed by atoms with Gasteiger partial charge >= 0.3 is 0 Å². The molecule has 0 atom stereocenters. The molecule has 0 heterocycles. The van der Waals surface area contributed by atoms with Crippen molar-refractivity contribution in [3.05, 3.63) is 33.9 Å². The Balaban J connectivity index is 3.19. The Hall–Kier alpha value is -1.54. The van der Waals surface area contributed by atoms with Gasteiger partial charge in [0.05, 0.1) is 22.9 Å². The summed E-state index contributed by atoms with van der Waals surface area (Å²) in [6, 6.07) is 4.32. The molecule has 1 aromatic carbocycles. The molecule has 0 unspecified atom stereocenters. The van der Waals surface area contributed by atoms with Crippen LogP contribution in [0.3, 0.4) is 0 Å². The number of benzene rings is 1. The molecule has 15 heavy (non-hydrogen) atoms. The Labute approximate surface area is 95.5 Å². The lowest BCUT2D eigenvalue weighted by atomic mass is 10.2. The van der Waals surface area contributed by atoms with Crippen LogP contribution >= 0.6 is 15.9 Å². The first-order valence-corrected chi connectivity index (χ1v) is 5.18. The minimum Gasteiger partial charge on any atom is -0.495 e. The van der Waals surface area contributed by atoms with Crippen molar-refractivity contribution in [3.63, 3.8) is 0 Å². The number of non-ortho nitro benzene ring substituents is 1. The minimum atomic E-state index is -0.460. The van der Waals surface area contributed by atoms with Gasteiger partial charge in [-0.25, -0.2) is 0 Å². The molecule has 0 aliphatic carbocycles. The molecule has 5 heteroatoms. The maximum atomic E-state index is 10.5. The Kier molecular flexibility index (Phi) is 4.13. The fraction of sp³-hybridized carbons (Fsp3) is 0.200. The van der Waals surface area contributed by atoms with Crippen molar-refractivity contribution in [1.82, 2.24) is 0 Å². The molecule has 0 fully saturated rings. The number of nitro benzene ring substituents is 1. The number of hydrogen-bond donors (Lipinski definition) is 0. The molecule has 0 spiro atoms. The highest BCUT2D eigenvalue weighted by atomic mass is 79.9. The van der Waals surface area contributed by atoms with Crippen molar-refractivity contribution in [3.8, 4) is 17.6 Å². The molecular weight excluding hydrogens is 262 g/mol. The highest BCUT2D eigenvalue weighted by molar-refractivity contribution is 9.09. The molecule has 0 aromatic heterocycles. The van der Waals surface area contributed by atoms with Crippen LogP contribution in [-0.2, 0) is 0 Å². The maximum absolute atomic E-state index is 10.5. The Bertz CT molecular complexity index is 434. The van der Waals surface area contributed by atoms with E-state index in [9.17, 15) is 10.1 Å². The predicted octanol–water partition coefficient (Wildman–Crippen LogP) is 2.35. The second-order valence-corrected chi connectivity index (χ2v) is 3.14. The number of rotatable bonds is 2. The quantitative estimate of drug-likeness (QED) is 0.359. The summed E-state index contributed by atoms with van der Waals surface area (Å²) in [5, 5.41) is 11.0. The zero-order valence-electron chi connectivity index (χ0n) is 7.99. The minimum absolute atomic E-state index is 0.00896. The molecular formula is C10H8BrNO3. The fourth-order valence-electron chi connectivity index (χ4n) is 1.04. The van der Waals surface area contributed by atoms with Crippen LogP contribution in [0, 0.1) is 22.0 Å². The van der Waals surface area contributed by atoms with Crippen molar-refractivity contribution < 1.29 is 9.66 Å². The van der Waals surface area contributed by atoms with E-state index < -0.39 is 4.92 Å². The van der Waals surface area contributed by atoms with Crippen LogP contribution in [0.1, 0.15) is 5.56 Å². The van der Waals surface area contributed by atoms with Gasteiger partial charge in [0.25, 0.3) is 5.69 Å². The van der Waals surface area contributed by atoms with Gasteiger partial charge in [-0.05, 0) is 6.07 Å². The van der Waals surface area contributed by atoms with E-state index in [0.29, 0.717) is 16.6 Å². The van der Waals surface area contributed by atoms with Crippen molar-refractivity contribution >= 4 is 21.6 Å². The highest BCUT2D eigenvalue weighted by Gasteiger charge is 2.09. The van der Waals surface area contributed by atoms with Crippen LogP contribution in [0.5, 0.6) is 5.75 Å². The Morgan fingerprint density at radius 1 is 1.60 bits per heavy atom. The van der Waals surface area contributed by atoms with Crippen LogP contribution in [0.15, 0.2) is 18.2 Å². The molecule has 1 aromatic rings. The van der Waals surface area contributed by atoms with E-state index in [4.69, 9.17) is 4.74 Å². The summed E-state index contributed by atoms with van der Waals surface area (Å²) in [4.78, 5) is 10.1. The van der Waals surface area contributed by atoms with Gasteiger partial charge in [0.2, 0.25) is 0 Å². The molecule has 78 valence electrons. The van der Waals surface area contributed by atoms with Crippen LogP contribution in [0.2, 0.25) is 0 Å². The van der Waals surface area contributed by atoms with Crippen LogP contribution in [0.25, 0.3) is 0 Å². The van der Waals surface area contributed by atoms with Gasteiger partial charge in [-0.3, -0.25) is 10.1 Å². The summed E-state index contributed by atoms with van der Waals surface area (Å²) in [7, 11) is 1.50. The van der Waals surface area contributed by atoms with E-state index in [-0.39, 0.29) is 5.69 Å². The van der Waals surface area contributed by atoms with E-state index in [1.54, 1.807) is 0 Å². The third kappa shape index (κ3) is 2.96. The van der Waals surface area contributed by atoms with Crippen LogP contribution in [0.4, 0.5) is 5.69 Å². The lowest BCUT2D eigenvalue weighted by Gasteiger charge is -2.01. The molecule has 0 radical (unpaired) electrons. The smallest absolute Gasteiger partial charge is 0.270 e. The zero-order valence-corrected chi connectivity index (χ0v) is 9.58. The third-order valence-electron chi connectivity index (χ3n) is 1.68. The SMILES string of the molecule is COc1ccc([N+](=O)[O-])cc1C#CCBr. The van der Waals surface area contributed by atoms with E-state index in [1.165, 1.54) is 25.3 Å². The molecule has 4 nitrogen and oxygen atoms in total. The fourth-order valence-corrected chi connectivity index (χ4v) is 1.18. The molecule has 0 saturated heterocycles. The number of methoxy groups -OCH3 is 1. The van der Waals surface area contributed by atoms with E-state index in [1.807, 2.05) is 0 Å². The summed E-state index contributed by atoms with van der Waals surface area (Å²) >= 11 is 3.15. The molecule has 0 N–H and O–H groups in total. The first kappa shape index (κ1) is 11.5. The average Bonchev–Trinajstić information content (AvgIpc) is 2.25. The lowest BCUT2D eigenvalue weighted by molar-refractivity contribution is -0.384. The normalized spacial score (nSPS) is 8.93. The third-order valence-corrected chi connectivity index (χ3v) is 1.96. The maximum Gasteiger partial charge on any atom is 0.270 e. The molecule has 0 saturated carbocycles. The van der Waals surface area contributed by atoms with E-state index in [2.05, 4.69) is 27.8 Å².